The summed E-state index contributed by atoms with van der Waals surface area (Å²) in [5, 5.41) is 9.95. The van der Waals surface area contributed by atoms with Gasteiger partial charge in [0.2, 0.25) is 0 Å². The van der Waals surface area contributed by atoms with E-state index in [0.29, 0.717) is 0 Å². The zero-order valence-electron chi connectivity index (χ0n) is 11.7. The molecule has 1 aliphatic rings. The van der Waals surface area contributed by atoms with Crippen molar-refractivity contribution in [3.63, 3.8) is 0 Å². The third-order valence-electron chi connectivity index (χ3n) is 4.06. The van der Waals surface area contributed by atoms with Crippen molar-refractivity contribution in [2.24, 2.45) is 0 Å². The van der Waals surface area contributed by atoms with Crippen LogP contribution in [0.25, 0.3) is 17.0 Å². The van der Waals surface area contributed by atoms with Gasteiger partial charge in [-0.2, -0.15) is 0 Å². The Morgan fingerprint density at radius 3 is 2.75 bits per heavy atom. The van der Waals surface area contributed by atoms with Gasteiger partial charge >= 0.3 is 5.97 Å². The number of nitrogens with zero attached hydrogens (tertiary/aromatic N) is 1. The molecule has 1 aromatic heterocycles. The smallest absolute Gasteiger partial charge is 0.328 e. The van der Waals surface area contributed by atoms with E-state index < -0.39 is 5.97 Å². The van der Waals surface area contributed by atoms with E-state index in [0.717, 1.165) is 41.4 Å². The van der Waals surface area contributed by atoms with Crippen LogP contribution in [0.4, 0.5) is 0 Å². The van der Waals surface area contributed by atoms with Crippen molar-refractivity contribution in [2.45, 2.75) is 33.1 Å². The zero-order valence-corrected chi connectivity index (χ0v) is 11.7. The number of aromatic nitrogens is 1. The lowest BCUT2D eigenvalue weighted by atomic mass is 9.97. The number of hydrogen-bond donors (Lipinski definition) is 1. The van der Waals surface area contributed by atoms with Gasteiger partial charge in [-0.05, 0) is 73.6 Å². The minimum Gasteiger partial charge on any atom is -0.478 e. The maximum Gasteiger partial charge on any atom is 0.328 e. The fraction of sp³-hybridized carbons (Fsp3) is 0.294. The first-order valence-corrected chi connectivity index (χ1v) is 6.90. The average Bonchev–Trinajstić information content (AvgIpc) is 2.84. The van der Waals surface area contributed by atoms with Crippen molar-refractivity contribution < 1.29 is 9.90 Å². The van der Waals surface area contributed by atoms with E-state index in [9.17, 15) is 4.79 Å². The Balaban J connectivity index is 2.33. The molecule has 1 heterocycles. The summed E-state index contributed by atoms with van der Waals surface area (Å²) in [5.41, 5.74) is 6.79. The average molecular weight is 267 g/mol. The number of hydrogen-bond acceptors (Lipinski definition) is 2. The first kappa shape index (κ1) is 12.9. The molecular formula is C17H17NO2. The Morgan fingerprint density at radius 1 is 1.25 bits per heavy atom. The van der Waals surface area contributed by atoms with Gasteiger partial charge in [-0.1, -0.05) is 0 Å². The summed E-state index contributed by atoms with van der Waals surface area (Å²) in [6.07, 6.45) is 6.04. The fourth-order valence-corrected chi connectivity index (χ4v) is 2.90. The van der Waals surface area contributed by atoms with Gasteiger partial charge in [-0.15, -0.1) is 0 Å². The maximum atomic E-state index is 10.8. The molecule has 0 atom stereocenters. The van der Waals surface area contributed by atoms with Crippen LogP contribution in [0.1, 0.15) is 34.4 Å². The van der Waals surface area contributed by atoms with Crippen molar-refractivity contribution >= 4 is 22.9 Å². The first-order valence-electron chi connectivity index (χ1n) is 6.90. The molecule has 3 nitrogen and oxygen atoms in total. The van der Waals surface area contributed by atoms with Gasteiger partial charge in [0.15, 0.2) is 0 Å². The largest absolute Gasteiger partial charge is 0.478 e. The molecule has 1 aliphatic carbocycles. The number of carboxylic acid groups (broad SMARTS) is 1. The van der Waals surface area contributed by atoms with Crippen molar-refractivity contribution in [1.29, 1.82) is 0 Å². The highest BCUT2D eigenvalue weighted by atomic mass is 16.4. The second-order valence-electron chi connectivity index (χ2n) is 5.43. The fourth-order valence-electron chi connectivity index (χ4n) is 2.90. The van der Waals surface area contributed by atoms with E-state index in [1.54, 1.807) is 6.08 Å². The molecule has 102 valence electrons. The third-order valence-corrected chi connectivity index (χ3v) is 4.06. The first-order chi connectivity index (χ1) is 9.56. The second kappa shape index (κ2) is 4.75. The molecule has 1 N–H and O–H groups in total. The molecule has 0 amide bonds. The Kier molecular flexibility index (Phi) is 3.05. The molecule has 1 aromatic carbocycles. The van der Waals surface area contributed by atoms with E-state index in [-0.39, 0.29) is 0 Å². The second-order valence-corrected chi connectivity index (χ2v) is 5.43. The van der Waals surface area contributed by atoms with Crippen molar-refractivity contribution in [3.05, 3.63) is 46.2 Å². The standard InChI is InChI=1S/C17H17NO2/c1-10-8-14-12(6-7-17(19)20)13-4-3-5-15(13)18-16(14)9-11(10)2/h6-9H,3-5H2,1-2H3,(H,19,20)/b7-6+. The Bertz CT molecular complexity index is 744. The Labute approximate surface area is 118 Å². The quantitative estimate of drug-likeness (QED) is 0.848. The minimum atomic E-state index is -0.912. The number of rotatable bonds is 2. The molecule has 0 unspecified atom stereocenters. The monoisotopic (exact) mass is 267 g/mol. The predicted octanol–water partition coefficient (Wildman–Crippen LogP) is 3.44. The van der Waals surface area contributed by atoms with Crippen LogP contribution in [-0.4, -0.2) is 16.1 Å². The summed E-state index contributed by atoms with van der Waals surface area (Å²) in [6, 6.07) is 4.22. The lowest BCUT2D eigenvalue weighted by Gasteiger charge is -2.11. The van der Waals surface area contributed by atoms with Crippen LogP contribution < -0.4 is 0 Å². The highest BCUT2D eigenvalue weighted by molar-refractivity contribution is 5.94. The van der Waals surface area contributed by atoms with E-state index in [2.05, 4.69) is 26.0 Å². The third kappa shape index (κ3) is 2.09. The summed E-state index contributed by atoms with van der Waals surface area (Å²) < 4.78 is 0. The molecule has 0 radical (unpaired) electrons. The lowest BCUT2D eigenvalue weighted by Crippen LogP contribution is -1.97. The van der Waals surface area contributed by atoms with Crippen molar-refractivity contribution in [3.8, 4) is 0 Å². The molecule has 0 saturated heterocycles. The SMILES string of the molecule is Cc1cc2nc3c(c(/C=C/C(=O)O)c2cc1C)CCC3. The Hall–Kier alpha value is -2.16. The summed E-state index contributed by atoms with van der Waals surface area (Å²) >= 11 is 0. The molecule has 20 heavy (non-hydrogen) atoms. The van der Waals surface area contributed by atoms with Gasteiger partial charge in [-0.25, -0.2) is 4.79 Å². The predicted molar refractivity (Wildman–Crippen MR) is 79.9 cm³/mol. The van der Waals surface area contributed by atoms with E-state index in [1.807, 2.05) is 0 Å². The zero-order chi connectivity index (χ0) is 14.3. The lowest BCUT2D eigenvalue weighted by molar-refractivity contribution is -0.131. The van der Waals surface area contributed by atoms with Gasteiger partial charge in [0.05, 0.1) is 5.52 Å². The summed E-state index contributed by atoms with van der Waals surface area (Å²) in [6.45, 7) is 4.16. The highest BCUT2D eigenvalue weighted by Crippen LogP contribution is 2.32. The van der Waals surface area contributed by atoms with Crippen LogP contribution in [-0.2, 0) is 17.6 Å². The molecule has 2 aromatic rings. The minimum absolute atomic E-state index is 0.912. The molecule has 3 heteroatoms. The maximum absolute atomic E-state index is 10.8. The van der Waals surface area contributed by atoms with Crippen LogP contribution >= 0.6 is 0 Å². The van der Waals surface area contributed by atoms with Gasteiger partial charge in [0.1, 0.15) is 0 Å². The molecule has 0 bridgehead atoms. The molecule has 0 spiro atoms. The van der Waals surface area contributed by atoms with Crippen LogP contribution in [0, 0.1) is 13.8 Å². The van der Waals surface area contributed by atoms with Gasteiger partial charge in [-0.3, -0.25) is 4.98 Å². The van der Waals surface area contributed by atoms with Gasteiger partial charge in [0, 0.05) is 17.2 Å². The van der Waals surface area contributed by atoms with Crippen LogP contribution in [0.3, 0.4) is 0 Å². The van der Waals surface area contributed by atoms with E-state index >= 15 is 0 Å². The number of fused-ring (bicyclic) bond motifs is 2. The van der Waals surface area contributed by atoms with Crippen LogP contribution in [0.2, 0.25) is 0 Å². The molecule has 0 saturated carbocycles. The molecule has 0 fully saturated rings. The molecule has 3 rings (SSSR count). The number of carbonyl (C=O) groups is 1. The number of aryl methyl sites for hydroxylation is 3. The van der Waals surface area contributed by atoms with E-state index in [1.165, 1.54) is 22.8 Å². The summed E-state index contributed by atoms with van der Waals surface area (Å²) in [7, 11) is 0. The summed E-state index contributed by atoms with van der Waals surface area (Å²) in [4.78, 5) is 15.6. The van der Waals surface area contributed by atoms with Crippen LogP contribution in [0.15, 0.2) is 18.2 Å². The number of carboxylic acids is 1. The van der Waals surface area contributed by atoms with Crippen LogP contribution in [0.5, 0.6) is 0 Å². The number of aliphatic carboxylic acids is 1. The van der Waals surface area contributed by atoms with Gasteiger partial charge < -0.3 is 5.11 Å². The number of pyridine rings is 1. The van der Waals surface area contributed by atoms with E-state index in [4.69, 9.17) is 10.1 Å². The topological polar surface area (TPSA) is 50.2 Å². The number of benzene rings is 1. The molecule has 0 aliphatic heterocycles. The summed E-state index contributed by atoms with van der Waals surface area (Å²) in [5.74, 6) is -0.912. The Morgan fingerprint density at radius 2 is 2.00 bits per heavy atom. The van der Waals surface area contributed by atoms with Gasteiger partial charge in [0.25, 0.3) is 0 Å². The highest BCUT2D eigenvalue weighted by Gasteiger charge is 2.18. The molecular weight excluding hydrogens is 250 g/mol. The van der Waals surface area contributed by atoms with Crippen molar-refractivity contribution in [2.75, 3.05) is 0 Å². The normalized spacial score (nSPS) is 14.1. The van der Waals surface area contributed by atoms with Crippen molar-refractivity contribution in [1.82, 2.24) is 4.98 Å².